The molecule has 0 aliphatic carbocycles. The lowest BCUT2D eigenvalue weighted by Crippen LogP contribution is -2.43. The smallest absolute Gasteiger partial charge is 0.221 e. The Hall–Kier alpha value is -3.04. The van der Waals surface area contributed by atoms with Crippen molar-refractivity contribution in [3.8, 4) is 11.3 Å². The van der Waals surface area contributed by atoms with Crippen LogP contribution in [0.2, 0.25) is 0 Å². The first-order chi connectivity index (χ1) is 15.3. The topological polar surface area (TPSA) is 111 Å². The highest BCUT2D eigenvalue weighted by atomic mass is 16.5. The molecule has 0 bridgehead atoms. The van der Waals surface area contributed by atoms with Crippen molar-refractivity contribution in [2.45, 2.75) is 32.7 Å². The van der Waals surface area contributed by atoms with E-state index in [1.54, 1.807) is 0 Å². The van der Waals surface area contributed by atoms with Crippen molar-refractivity contribution in [3.63, 3.8) is 0 Å². The molecule has 2 aromatic heterocycles. The average molecular weight is 438 g/mol. The van der Waals surface area contributed by atoms with E-state index in [1.807, 2.05) is 49.7 Å². The lowest BCUT2D eigenvalue weighted by atomic mass is 10.1. The summed E-state index contributed by atoms with van der Waals surface area (Å²) < 4.78 is 7.20. The van der Waals surface area contributed by atoms with Gasteiger partial charge in [0.15, 0.2) is 5.65 Å². The first kappa shape index (κ1) is 22.2. The maximum absolute atomic E-state index is 12.5. The number of nitrogen functional groups attached to an aromatic ring is 1. The lowest BCUT2D eigenvalue weighted by molar-refractivity contribution is -0.122. The minimum Gasteiger partial charge on any atom is -0.383 e. The zero-order chi connectivity index (χ0) is 22.7. The number of amides is 1. The van der Waals surface area contributed by atoms with Crippen LogP contribution >= 0.6 is 0 Å². The van der Waals surface area contributed by atoms with Gasteiger partial charge in [-0.1, -0.05) is 29.8 Å². The number of fused-ring (bicyclic) bond motifs is 1. The molecular weight excluding hydrogens is 406 g/mol. The highest BCUT2D eigenvalue weighted by molar-refractivity contribution is 5.98. The summed E-state index contributed by atoms with van der Waals surface area (Å²) >= 11 is 0. The third-order valence-electron chi connectivity index (χ3n) is 5.87. The van der Waals surface area contributed by atoms with E-state index in [0.29, 0.717) is 24.4 Å². The number of morpholine rings is 1. The van der Waals surface area contributed by atoms with Gasteiger partial charge in [0, 0.05) is 38.2 Å². The van der Waals surface area contributed by atoms with Gasteiger partial charge in [-0.3, -0.25) is 9.69 Å². The number of carbonyl (C=O) groups excluding carboxylic acids is 1. The van der Waals surface area contributed by atoms with Gasteiger partial charge in [-0.25, -0.2) is 14.6 Å². The summed E-state index contributed by atoms with van der Waals surface area (Å²) in [5.74, 6) is 0.413. The van der Waals surface area contributed by atoms with E-state index in [2.05, 4.69) is 20.2 Å². The molecule has 0 atom stereocenters. The molecule has 0 spiro atoms. The van der Waals surface area contributed by atoms with E-state index in [4.69, 9.17) is 15.6 Å². The first-order valence-electron chi connectivity index (χ1n) is 11.0. The molecule has 0 radical (unpaired) electrons. The standard InChI is InChI=1S/C23H31N7O2/c1-16-4-6-17(7-5-16)20-19-21(24)26-15-27-22(19)30(28-20)23(2,3)14-25-18(31)8-9-29-10-12-32-13-11-29/h4-7,15H,8-14H2,1-3H3,(H,25,31)(H2,24,26,27). The van der Waals surface area contributed by atoms with Crippen LogP contribution in [0.1, 0.15) is 25.8 Å². The monoisotopic (exact) mass is 437 g/mol. The van der Waals surface area contributed by atoms with E-state index < -0.39 is 5.54 Å². The van der Waals surface area contributed by atoms with Gasteiger partial charge in [0.2, 0.25) is 5.91 Å². The maximum Gasteiger partial charge on any atom is 0.221 e. The summed E-state index contributed by atoms with van der Waals surface area (Å²) in [6, 6.07) is 8.13. The number of benzene rings is 1. The van der Waals surface area contributed by atoms with Gasteiger partial charge in [0.25, 0.3) is 0 Å². The molecule has 1 fully saturated rings. The molecule has 4 rings (SSSR count). The molecule has 9 nitrogen and oxygen atoms in total. The van der Waals surface area contributed by atoms with Crippen LogP contribution in [-0.4, -0.2) is 69.9 Å². The maximum atomic E-state index is 12.5. The molecule has 32 heavy (non-hydrogen) atoms. The van der Waals surface area contributed by atoms with Gasteiger partial charge in [-0.15, -0.1) is 0 Å². The summed E-state index contributed by atoms with van der Waals surface area (Å²) in [6.07, 6.45) is 1.91. The molecule has 1 aliphatic rings. The van der Waals surface area contributed by atoms with Gasteiger partial charge in [0.05, 0.1) is 24.1 Å². The molecule has 170 valence electrons. The van der Waals surface area contributed by atoms with Crippen LogP contribution in [0.5, 0.6) is 0 Å². The van der Waals surface area contributed by atoms with E-state index >= 15 is 0 Å². The number of hydrogen-bond donors (Lipinski definition) is 2. The Kier molecular flexibility index (Phi) is 6.38. The van der Waals surface area contributed by atoms with Crippen LogP contribution in [-0.2, 0) is 15.1 Å². The van der Waals surface area contributed by atoms with Crippen LogP contribution in [0.25, 0.3) is 22.3 Å². The fourth-order valence-electron chi connectivity index (χ4n) is 3.87. The largest absolute Gasteiger partial charge is 0.383 e. The molecule has 1 aliphatic heterocycles. The summed E-state index contributed by atoms with van der Waals surface area (Å²) in [7, 11) is 0. The van der Waals surface area contributed by atoms with Gasteiger partial charge in [-0.05, 0) is 20.8 Å². The van der Waals surface area contributed by atoms with Crippen molar-refractivity contribution in [2.24, 2.45) is 0 Å². The summed E-state index contributed by atoms with van der Waals surface area (Å²) in [5, 5.41) is 8.67. The SMILES string of the molecule is Cc1ccc(-c2nn(C(C)(C)CNC(=O)CCN3CCOCC3)c3ncnc(N)c23)cc1. The molecule has 0 unspecified atom stereocenters. The lowest BCUT2D eigenvalue weighted by Gasteiger charge is -2.28. The van der Waals surface area contributed by atoms with Crippen LogP contribution in [0.4, 0.5) is 5.82 Å². The second kappa shape index (κ2) is 9.22. The molecule has 1 saturated heterocycles. The third-order valence-corrected chi connectivity index (χ3v) is 5.87. The van der Waals surface area contributed by atoms with Crippen molar-refractivity contribution in [3.05, 3.63) is 36.2 Å². The minimum absolute atomic E-state index is 0.0222. The normalized spacial score (nSPS) is 15.2. The Morgan fingerprint density at radius 3 is 2.62 bits per heavy atom. The molecule has 1 aromatic carbocycles. The number of hydrogen-bond acceptors (Lipinski definition) is 7. The molecule has 3 heterocycles. The number of aromatic nitrogens is 4. The molecular formula is C23H31N7O2. The third kappa shape index (κ3) is 4.73. The quantitative estimate of drug-likeness (QED) is 0.581. The van der Waals surface area contributed by atoms with Crippen LogP contribution in [0.3, 0.4) is 0 Å². The van der Waals surface area contributed by atoms with Crippen LogP contribution in [0.15, 0.2) is 30.6 Å². The zero-order valence-corrected chi connectivity index (χ0v) is 19.0. The number of carbonyl (C=O) groups is 1. The highest BCUT2D eigenvalue weighted by Crippen LogP contribution is 2.32. The minimum atomic E-state index is -0.517. The number of rotatable bonds is 7. The summed E-state index contributed by atoms with van der Waals surface area (Å²) in [5.41, 5.74) is 9.22. The number of nitrogens with one attached hydrogen (secondary N) is 1. The second-order valence-corrected chi connectivity index (χ2v) is 8.88. The Morgan fingerprint density at radius 2 is 1.91 bits per heavy atom. The van der Waals surface area contributed by atoms with Crippen LogP contribution in [0, 0.1) is 6.92 Å². The Morgan fingerprint density at radius 1 is 1.19 bits per heavy atom. The zero-order valence-electron chi connectivity index (χ0n) is 19.0. The summed E-state index contributed by atoms with van der Waals surface area (Å²) in [6.45, 7) is 10.5. The average Bonchev–Trinajstić information content (AvgIpc) is 3.20. The van der Waals surface area contributed by atoms with Crippen molar-refractivity contribution in [1.29, 1.82) is 0 Å². The molecule has 0 saturated carbocycles. The second-order valence-electron chi connectivity index (χ2n) is 8.88. The first-order valence-corrected chi connectivity index (χ1v) is 11.0. The number of nitrogens with two attached hydrogens (primary N) is 1. The van der Waals surface area contributed by atoms with E-state index in [9.17, 15) is 4.79 Å². The van der Waals surface area contributed by atoms with E-state index in [0.717, 1.165) is 49.5 Å². The van der Waals surface area contributed by atoms with Crippen molar-refractivity contribution in [1.82, 2.24) is 30.0 Å². The predicted molar refractivity (Wildman–Crippen MR) is 124 cm³/mol. The Labute approximate surface area is 188 Å². The fourth-order valence-corrected chi connectivity index (χ4v) is 3.87. The van der Waals surface area contributed by atoms with E-state index in [1.165, 1.54) is 11.9 Å². The number of ether oxygens (including phenoxy) is 1. The Balaban J connectivity index is 1.53. The van der Waals surface area contributed by atoms with Gasteiger partial charge >= 0.3 is 0 Å². The Bertz CT molecular complexity index is 1090. The van der Waals surface area contributed by atoms with Crippen molar-refractivity contribution in [2.75, 3.05) is 45.1 Å². The van der Waals surface area contributed by atoms with Gasteiger partial charge in [0.1, 0.15) is 17.8 Å². The van der Waals surface area contributed by atoms with Crippen molar-refractivity contribution >= 4 is 22.8 Å². The van der Waals surface area contributed by atoms with Gasteiger partial charge in [-0.2, -0.15) is 5.10 Å². The highest BCUT2D eigenvalue weighted by Gasteiger charge is 2.28. The molecule has 3 N–H and O–H groups in total. The number of anilines is 1. The molecule has 1 amide bonds. The number of aryl methyl sites for hydroxylation is 1. The van der Waals surface area contributed by atoms with Gasteiger partial charge < -0.3 is 15.8 Å². The van der Waals surface area contributed by atoms with Crippen LogP contribution < -0.4 is 11.1 Å². The summed E-state index contributed by atoms with van der Waals surface area (Å²) in [4.78, 5) is 23.4. The predicted octanol–water partition coefficient (Wildman–Crippen LogP) is 1.96. The van der Waals surface area contributed by atoms with Crippen molar-refractivity contribution < 1.29 is 9.53 Å². The number of nitrogens with zero attached hydrogens (tertiary/aromatic N) is 5. The molecule has 3 aromatic rings. The fraction of sp³-hybridized carbons (Fsp3) is 0.478. The molecule has 9 heteroatoms. The van der Waals surface area contributed by atoms with E-state index in [-0.39, 0.29) is 5.91 Å².